The number of rotatable bonds is 3. The first-order valence-corrected chi connectivity index (χ1v) is 6.04. The molecule has 2 aromatic rings. The summed E-state index contributed by atoms with van der Waals surface area (Å²) in [6.07, 6.45) is -1.94. The number of aromatic carboxylic acids is 1. The molecular weight excluding hydrogens is 309 g/mol. The summed E-state index contributed by atoms with van der Waals surface area (Å²) in [5.41, 5.74) is -1.84. The lowest BCUT2D eigenvalue weighted by atomic mass is 10.0. The molecule has 0 aliphatic rings. The molecule has 8 heteroatoms. The number of hydrogen-bond acceptors (Lipinski definition) is 3. The first-order valence-electron chi connectivity index (χ1n) is 5.66. The maximum Gasteiger partial charge on any atom is 0.356 e. The van der Waals surface area contributed by atoms with E-state index >= 15 is 0 Å². The SMILES string of the molecule is Cc1ncc(-c2c(C(F)F)ccc(Cl)c2F)nc1C(=O)O. The van der Waals surface area contributed by atoms with E-state index in [2.05, 4.69) is 9.97 Å². The molecule has 1 aromatic carbocycles. The fourth-order valence-electron chi connectivity index (χ4n) is 1.78. The average Bonchev–Trinajstić information content (AvgIpc) is 2.42. The molecule has 0 saturated heterocycles. The van der Waals surface area contributed by atoms with Gasteiger partial charge in [-0.05, 0) is 13.0 Å². The topological polar surface area (TPSA) is 63.1 Å². The van der Waals surface area contributed by atoms with Crippen molar-refractivity contribution in [2.24, 2.45) is 0 Å². The summed E-state index contributed by atoms with van der Waals surface area (Å²) in [5.74, 6) is -2.48. The minimum Gasteiger partial charge on any atom is -0.476 e. The molecule has 0 aliphatic carbocycles. The Bertz CT molecular complexity index is 723. The third-order valence-electron chi connectivity index (χ3n) is 2.78. The van der Waals surface area contributed by atoms with Crippen molar-refractivity contribution in [2.75, 3.05) is 0 Å². The van der Waals surface area contributed by atoms with Gasteiger partial charge in [0.1, 0.15) is 0 Å². The van der Waals surface area contributed by atoms with Crippen LogP contribution in [0.4, 0.5) is 13.2 Å². The second-order valence-corrected chi connectivity index (χ2v) is 4.53. The van der Waals surface area contributed by atoms with Gasteiger partial charge < -0.3 is 5.11 Å². The quantitative estimate of drug-likeness (QED) is 0.933. The number of aryl methyl sites for hydroxylation is 1. The predicted molar refractivity (Wildman–Crippen MR) is 69.1 cm³/mol. The van der Waals surface area contributed by atoms with Crippen molar-refractivity contribution in [3.63, 3.8) is 0 Å². The van der Waals surface area contributed by atoms with E-state index in [1.165, 1.54) is 6.92 Å². The molecule has 0 radical (unpaired) electrons. The number of halogens is 4. The van der Waals surface area contributed by atoms with Crippen LogP contribution < -0.4 is 0 Å². The molecule has 0 unspecified atom stereocenters. The van der Waals surface area contributed by atoms with E-state index < -0.39 is 35.0 Å². The zero-order valence-corrected chi connectivity index (χ0v) is 11.3. The van der Waals surface area contributed by atoms with Crippen molar-refractivity contribution in [3.05, 3.63) is 46.1 Å². The van der Waals surface area contributed by atoms with Gasteiger partial charge in [0.2, 0.25) is 0 Å². The summed E-state index contributed by atoms with van der Waals surface area (Å²) < 4.78 is 40.0. The first-order chi connectivity index (χ1) is 9.82. The van der Waals surface area contributed by atoms with Gasteiger partial charge in [-0.1, -0.05) is 17.7 Å². The second-order valence-electron chi connectivity index (χ2n) is 4.12. The minimum atomic E-state index is -2.97. The van der Waals surface area contributed by atoms with Crippen LogP contribution in [0.25, 0.3) is 11.3 Å². The molecule has 110 valence electrons. The highest BCUT2D eigenvalue weighted by molar-refractivity contribution is 6.31. The van der Waals surface area contributed by atoms with E-state index in [0.717, 1.165) is 18.3 Å². The highest BCUT2D eigenvalue weighted by Crippen LogP contribution is 2.35. The maximum atomic E-state index is 14.1. The minimum absolute atomic E-state index is 0.0901. The molecule has 0 saturated carbocycles. The number of carboxylic acid groups (broad SMARTS) is 1. The fraction of sp³-hybridized carbons (Fsp3) is 0.154. The summed E-state index contributed by atoms with van der Waals surface area (Å²) in [7, 11) is 0. The van der Waals surface area contributed by atoms with Gasteiger partial charge in [0.05, 0.1) is 22.6 Å². The van der Waals surface area contributed by atoms with Crippen LogP contribution in [0.2, 0.25) is 5.02 Å². The first kappa shape index (κ1) is 15.2. The molecule has 1 heterocycles. The number of aromatic nitrogens is 2. The van der Waals surface area contributed by atoms with E-state index in [1.54, 1.807) is 0 Å². The van der Waals surface area contributed by atoms with Crippen LogP contribution in [0.3, 0.4) is 0 Å². The van der Waals surface area contributed by atoms with E-state index in [-0.39, 0.29) is 16.4 Å². The Kier molecular flexibility index (Phi) is 4.13. The highest BCUT2D eigenvalue weighted by Gasteiger charge is 2.23. The summed E-state index contributed by atoms with van der Waals surface area (Å²) >= 11 is 5.59. The van der Waals surface area contributed by atoms with E-state index in [1.807, 2.05) is 0 Å². The fourth-order valence-corrected chi connectivity index (χ4v) is 1.94. The van der Waals surface area contributed by atoms with Gasteiger partial charge in [-0.3, -0.25) is 4.98 Å². The molecule has 0 spiro atoms. The Labute approximate surface area is 122 Å². The third-order valence-corrected chi connectivity index (χ3v) is 3.07. The zero-order valence-electron chi connectivity index (χ0n) is 10.6. The van der Waals surface area contributed by atoms with Crippen LogP contribution in [0.15, 0.2) is 18.3 Å². The Morgan fingerprint density at radius 1 is 1.38 bits per heavy atom. The van der Waals surface area contributed by atoms with Crippen molar-refractivity contribution in [3.8, 4) is 11.3 Å². The lowest BCUT2D eigenvalue weighted by Gasteiger charge is -2.11. The molecule has 0 amide bonds. The number of benzene rings is 1. The van der Waals surface area contributed by atoms with Gasteiger partial charge >= 0.3 is 5.97 Å². The van der Waals surface area contributed by atoms with Gasteiger partial charge in [0.25, 0.3) is 6.43 Å². The summed E-state index contributed by atoms with van der Waals surface area (Å²) in [4.78, 5) is 18.4. The van der Waals surface area contributed by atoms with Crippen molar-refractivity contribution in [1.29, 1.82) is 0 Å². The molecule has 1 N–H and O–H groups in total. The van der Waals surface area contributed by atoms with Gasteiger partial charge in [-0.15, -0.1) is 0 Å². The molecular formula is C13H8ClF3N2O2. The van der Waals surface area contributed by atoms with Crippen LogP contribution in [0.1, 0.15) is 28.2 Å². The van der Waals surface area contributed by atoms with E-state index in [4.69, 9.17) is 16.7 Å². The van der Waals surface area contributed by atoms with E-state index in [0.29, 0.717) is 0 Å². The zero-order chi connectivity index (χ0) is 15.7. The average molecular weight is 317 g/mol. The van der Waals surface area contributed by atoms with Gasteiger partial charge in [0, 0.05) is 11.1 Å². The molecule has 1 aromatic heterocycles. The molecule has 4 nitrogen and oxygen atoms in total. The molecule has 2 rings (SSSR count). The number of carbonyl (C=O) groups is 1. The lowest BCUT2D eigenvalue weighted by molar-refractivity contribution is 0.0689. The second kappa shape index (κ2) is 5.69. The largest absolute Gasteiger partial charge is 0.476 e. The molecule has 0 atom stereocenters. The van der Waals surface area contributed by atoms with Crippen LogP contribution in [-0.2, 0) is 0 Å². The van der Waals surface area contributed by atoms with Crippen molar-refractivity contribution in [2.45, 2.75) is 13.3 Å². The Morgan fingerprint density at radius 3 is 2.62 bits per heavy atom. The van der Waals surface area contributed by atoms with Crippen molar-refractivity contribution < 1.29 is 23.1 Å². The molecule has 0 bridgehead atoms. The third kappa shape index (κ3) is 2.82. The monoisotopic (exact) mass is 316 g/mol. The summed E-state index contributed by atoms with van der Waals surface area (Å²) in [5, 5.41) is 8.60. The number of nitrogens with zero attached hydrogens (tertiary/aromatic N) is 2. The normalized spacial score (nSPS) is 11.0. The highest BCUT2D eigenvalue weighted by atomic mass is 35.5. The Hall–Kier alpha value is -2.15. The van der Waals surface area contributed by atoms with Gasteiger partial charge in [-0.25, -0.2) is 22.9 Å². The van der Waals surface area contributed by atoms with Crippen molar-refractivity contribution >= 4 is 17.6 Å². The van der Waals surface area contributed by atoms with Crippen LogP contribution in [0.5, 0.6) is 0 Å². The number of alkyl halides is 2. The standard InChI is InChI=1S/C13H8ClF3N2O2/c1-5-11(13(20)21)19-8(4-18-5)9-6(12(16)17)2-3-7(14)10(9)15/h2-4,12H,1H3,(H,20,21). The van der Waals surface area contributed by atoms with Crippen LogP contribution in [0, 0.1) is 12.7 Å². The maximum absolute atomic E-state index is 14.1. The number of hydrogen-bond donors (Lipinski definition) is 1. The van der Waals surface area contributed by atoms with Gasteiger partial charge in [0.15, 0.2) is 11.5 Å². The smallest absolute Gasteiger partial charge is 0.356 e. The molecule has 21 heavy (non-hydrogen) atoms. The predicted octanol–water partition coefficient (Wildman–Crippen LogP) is 3.88. The summed E-state index contributed by atoms with van der Waals surface area (Å²) in [6, 6.07) is 1.97. The van der Waals surface area contributed by atoms with E-state index in [9.17, 15) is 18.0 Å². The lowest BCUT2D eigenvalue weighted by Crippen LogP contribution is -2.07. The summed E-state index contributed by atoms with van der Waals surface area (Å²) in [6.45, 7) is 1.39. The van der Waals surface area contributed by atoms with Crippen LogP contribution >= 0.6 is 11.6 Å². The van der Waals surface area contributed by atoms with Crippen LogP contribution in [-0.4, -0.2) is 21.0 Å². The molecule has 0 aliphatic heterocycles. The number of carboxylic acids is 1. The Morgan fingerprint density at radius 2 is 2.05 bits per heavy atom. The Balaban J connectivity index is 2.75. The molecule has 0 fully saturated rings. The van der Waals surface area contributed by atoms with Gasteiger partial charge in [-0.2, -0.15) is 0 Å². The van der Waals surface area contributed by atoms with Crippen molar-refractivity contribution in [1.82, 2.24) is 9.97 Å².